The van der Waals surface area contributed by atoms with Gasteiger partial charge < -0.3 is 5.48 Å². The van der Waals surface area contributed by atoms with E-state index in [9.17, 15) is 0 Å². The first-order valence-corrected chi connectivity index (χ1v) is 15.6. The largest absolute Gasteiger partial charge is 0.870 e. The zero-order valence-electron chi connectivity index (χ0n) is 20.5. The zero-order valence-corrected chi connectivity index (χ0v) is 21.3. The molecular weight excluding hydrogens is 359 g/mol. The maximum atomic E-state index is 2.39. The Hall–Kier alpha value is 0.390. The molecule has 0 spiro atoms. The lowest BCUT2D eigenvalue weighted by molar-refractivity contribution is 0.548. The first kappa shape index (κ1) is 30.6. The highest BCUT2D eigenvalue weighted by molar-refractivity contribution is 7.75. The molecule has 0 aromatic carbocycles. The van der Waals surface area contributed by atoms with Gasteiger partial charge in [0.05, 0.1) is 24.6 Å². The number of rotatable bonds is 22. The Bertz CT molecular complexity index is 258. The number of hydrogen-bond donors (Lipinski definition) is 0. The van der Waals surface area contributed by atoms with Gasteiger partial charge in [-0.05, 0) is 32.1 Å². The maximum absolute atomic E-state index is 2.39. The van der Waals surface area contributed by atoms with Crippen LogP contribution in [0.3, 0.4) is 0 Å². The Balaban J connectivity index is 0. The Morgan fingerprint density at radius 1 is 0.321 bits per heavy atom. The predicted molar refractivity (Wildman–Crippen MR) is 134 cm³/mol. The van der Waals surface area contributed by atoms with Crippen LogP contribution in [0.1, 0.15) is 143 Å². The molecule has 0 aliphatic carbocycles. The molecule has 1 nitrogen and oxygen atoms in total. The van der Waals surface area contributed by atoms with Crippen molar-refractivity contribution in [1.29, 1.82) is 0 Å². The first-order valence-electron chi connectivity index (χ1n) is 13.1. The van der Waals surface area contributed by atoms with Crippen molar-refractivity contribution in [2.24, 2.45) is 0 Å². The summed E-state index contributed by atoms with van der Waals surface area (Å²) in [6, 6.07) is 0. The molecule has 0 aromatic rings. The molecule has 0 saturated heterocycles. The minimum atomic E-state index is -0.626. The molecule has 0 fully saturated rings. The third-order valence-corrected chi connectivity index (χ3v) is 11.5. The van der Waals surface area contributed by atoms with Gasteiger partial charge in [-0.2, -0.15) is 0 Å². The fourth-order valence-corrected chi connectivity index (χ4v) is 9.64. The van der Waals surface area contributed by atoms with Gasteiger partial charge in [0.2, 0.25) is 0 Å². The monoisotopic (exact) mass is 416 g/mol. The van der Waals surface area contributed by atoms with Crippen molar-refractivity contribution in [2.75, 3.05) is 24.6 Å². The van der Waals surface area contributed by atoms with Gasteiger partial charge in [0.25, 0.3) is 0 Å². The highest BCUT2D eigenvalue weighted by atomic mass is 31.2. The molecule has 0 unspecified atom stereocenters. The van der Waals surface area contributed by atoms with Crippen LogP contribution in [0.4, 0.5) is 0 Å². The van der Waals surface area contributed by atoms with E-state index in [-0.39, 0.29) is 5.48 Å². The average Bonchev–Trinajstić information content (AvgIpc) is 2.69. The summed E-state index contributed by atoms with van der Waals surface area (Å²) in [5, 5.41) is 0. The van der Waals surface area contributed by atoms with Crippen molar-refractivity contribution >= 4 is 7.26 Å². The standard InChI is InChI=1S/C26H56P.H2O/c1-5-9-13-14-15-16-17-18-19-20-21-22-26-27(23-10-6-2,24-11-7-3)25-12-8-4;/h5-26H2,1-4H3;1H2/q+1;/p-1. The zero-order chi connectivity index (χ0) is 20.1. The van der Waals surface area contributed by atoms with E-state index < -0.39 is 7.26 Å². The molecule has 0 aliphatic heterocycles. The summed E-state index contributed by atoms with van der Waals surface area (Å²) in [4.78, 5) is 0. The normalized spacial score (nSPS) is 11.6. The minimum Gasteiger partial charge on any atom is -0.870 e. The summed E-state index contributed by atoms with van der Waals surface area (Å²) in [7, 11) is -0.626. The molecule has 2 heteroatoms. The molecular formula is C26H57OP. The van der Waals surface area contributed by atoms with Gasteiger partial charge in [-0.3, -0.25) is 0 Å². The fraction of sp³-hybridized carbons (Fsp3) is 1.00. The highest BCUT2D eigenvalue weighted by Crippen LogP contribution is 2.61. The molecule has 0 atom stereocenters. The Morgan fingerprint density at radius 2 is 0.571 bits per heavy atom. The number of unbranched alkanes of at least 4 members (excludes halogenated alkanes) is 14. The summed E-state index contributed by atoms with van der Waals surface area (Å²) in [6.45, 7) is 9.47. The second-order valence-electron chi connectivity index (χ2n) is 9.19. The van der Waals surface area contributed by atoms with E-state index in [1.165, 1.54) is 109 Å². The summed E-state index contributed by atoms with van der Waals surface area (Å²) < 4.78 is 0. The van der Waals surface area contributed by atoms with Crippen LogP contribution in [-0.2, 0) is 0 Å². The fourth-order valence-electron chi connectivity index (χ4n) is 4.44. The second-order valence-corrected chi connectivity index (χ2v) is 13.7. The summed E-state index contributed by atoms with van der Waals surface area (Å²) in [5.74, 6) is 0. The van der Waals surface area contributed by atoms with Crippen molar-refractivity contribution in [1.82, 2.24) is 0 Å². The van der Waals surface area contributed by atoms with E-state index in [1.54, 1.807) is 31.1 Å². The quantitative estimate of drug-likeness (QED) is 0.127. The number of hydrogen-bond acceptors (Lipinski definition) is 1. The van der Waals surface area contributed by atoms with Crippen LogP contribution in [0.15, 0.2) is 0 Å². The molecule has 172 valence electrons. The molecule has 1 N–H and O–H groups in total. The smallest absolute Gasteiger partial charge is 0.0594 e. The van der Waals surface area contributed by atoms with Crippen LogP contribution in [0.5, 0.6) is 0 Å². The minimum absolute atomic E-state index is 0. The van der Waals surface area contributed by atoms with Crippen LogP contribution in [-0.4, -0.2) is 30.1 Å². The topological polar surface area (TPSA) is 30.0 Å². The molecule has 0 bridgehead atoms. The van der Waals surface area contributed by atoms with Crippen LogP contribution < -0.4 is 0 Å². The third kappa shape index (κ3) is 18.4. The molecule has 0 saturated carbocycles. The Labute approximate surface area is 180 Å². The second kappa shape index (κ2) is 23.7. The van der Waals surface area contributed by atoms with E-state index in [4.69, 9.17) is 0 Å². The van der Waals surface area contributed by atoms with Crippen molar-refractivity contribution in [3.8, 4) is 0 Å². The summed E-state index contributed by atoms with van der Waals surface area (Å²) >= 11 is 0. The van der Waals surface area contributed by atoms with Crippen LogP contribution in [0.2, 0.25) is 0 Å². The van der Waals surface area contributed by atoms with Crippen molar-refractivity contribution < 1.29 is 5.48 Å². The Kier molecular flexibility index (Phi) is 25.8. The van der Waals surface area contributed by atoms with E-state index in [2.05, 4.69) is 27.7 Å². The molecule has 0 rings (SSSR count). The van der Waals surface area contributed by atoms with Crippen LogP contribution in [0.25, 0.3) is 0 Å². The van der Waals surface area contributed by atoms with Gasteiger partial charge in [-0.15, -0.1) is 0 Å². The Morgan fingerprint density at radius 3 is 0.893 bits per heavy atom. The lowest BCUT2D eigenvalue weighted by Gasteiger charge is -2.28. The van der Waals surface area contributed by atoms with Gasteiger partial charge in [0, 0.05) is 7.26 Å². The molecule has 28 heavy (non-hydrogen) atoms. The molecule has 0 amide bonds. The van der Waals surface area contributed by atoms with Gasteiger partial charge >= 0.3 is 0 Å². The highest BCUT2D eigenvalue weighted by Gasteiger charge is 2.34. The third-order valence-electron chi connectivity index (χ3n) is 6.44. The van der Waals surface area contributed by atoms with E-state index >= 15 is 0 Å². The molecule has 0 aromatic heterocycles. The molecule has 0 aliphatic rings. The van der Waals surface area contributed by atoms with Gasteiger partial charge in [0.15, 0.2) is 0 Å². The maximum Gasteiger partial charge on any atom is 0.0594 e. The van der Waals surface area contributed by atoms with E-state index in [1.807, 2.05) is 0 Å². The van der Waals surface area contributed by atoms with E-state index in [0.29, 0.717) is 0 Å². The predicted octanol–water partition coefficient (Wildman–Crippen LogP) is 9.93. The lowest BCUT2D eigenvalue weighted by Crippen LogP contribution is -2.13. The molecule has 0 heterocycles. The van der Waals surface area contributed by atoms with Crippen molar-refractivity contribution in [3.63, 3.8) is 0 Å². The van der Waals surface area contributed by atoms with Crippen molar-refractivity contribution in [3.05, 3.63) is 0 Å². The van der Waals surface area contributed by atoms with Crippen LogP contribution >= 0.6 is 7.26 Å². The van der Waals surface area contributed by atoms with Gasteiger partial charge in [-0.1, -0.05) is 111 Å². The first-order chi connectivity index (χ1) is 13.2. The average molecular weight is 417 g/mol. The SMILES string of the molecule is CCCCCCCCCCCCCC[P+](CCCC)(CCCC)CCCC.[OH-]. The van der Waals surface area contributed by atoms with Gasteiger partial charge in [0.1, 0.15) is 0 Å². The van der Waals surface area contributed by atoms with E-state index in [0.717, 1.165) is 0 Å². The molecule has 0 radical (unpaired) electrons. The lowest BCUT2D eigenvalue weighted by atomic mass is 10.1. The summed E-state index contributed by atoms with van der Waals surface area (Å²) in [6.07, 6.45) is 33.0. The summed E-state index contributed by atoms with van der Waals surface area (Å²) in [5.41, 5.74) is 0. The van der Waals surface area contributed by atoms with Gasteiger partial charge in [-0.25, -0.2) is 0 Å². The van der Waals surface area contributed by atoms with Crippen molar-refractivity contribution in [2.45, 2.75) is 143 Å². The van der Waals surface area contributed by atoms with Crippen LogP contribution in [0, 0.1) is 0 Å².